The predicted octanol–water partition coefficient (Wildman–Crippen LogP) is 4.90. The average molecular weight is 342 g/mol. The molecule has 0 aromatic carbocycles. The molecule has 1 saturated heterocycles. The van der Waals surface area contributed by atoms with E-state index in [2.05, 4.69) is 30.9 Å². The van der Waals surface area contributed by atoms with E-state index in [1.54, 1.807) is 11.3 Å². The topological polar surface area (TPSA) is 23.5 Å². The summed E-state index contributed by atoms with van der Waals surface area (Å²) in [5, 5.41) is 10.2. The lowest BCUT2D eigenvalue weighted by Crippen LogP contribution is -2.50. The summed E-state index contributed by atoms with van der Waals surface area (Å²) in [6.45, 7) is 7.72. The van der Waals surface area contributed by atoms with Crippen molar-refractivity contribution < 1.29 is 5.11 Å². The lowest BCUT2D eigenvalue weighted by Gasteiger charge is -2.58. The summed E-state index contributed by atoms with van der Waals surface area (Å²) < 4.78 is 0. The molecule has 0 unspecified atom stereocenters. The van der Waals surface area contributed by atoms with Crippen LogP contribution in [0.2, 0.25) is 0 Å². The minimum absolute atomic E-state index is 0.0837. The van der Waals surface area contributed by atoms with Gasteiger partial charge in [-0.05, 0) is 81.0 Å². The van der Waals surface area contributed by atoms with Crippen molar-refractivity contribution >= 4 is 0 Å². The Balaban J connectivity index is 1.44. The first-order valence-electron chi connectivity index (χ1n) is 10.9. The summed E-state index contributed by atoms with van der Waals surface area (Å²) in [6.07, 6.45) is 16.4. The van der Waals surface area contributed by atoms with E-state index >= 15 is 0 Å². The minimum atomic E-state index is -0.0837. The Labute approximate surface area is 153 Å². The van der Waals surface area contributed by atoms with Gasteiger partial charge >= 0.3 is 0 Å². The van der Waals surface area contributed by atoms with Crippen molar-refractivity contribution in [1.29, 1.82) is 0 Å². The van der Waals surface area contributed by atoms with E-state index in [9.17, 15) is 5.11 Å². The molecule has 3 fully saturated rings. The van der Waals surface area contributed by atoms with Crippen molar-refractivity contribution in [1.82, 2.24) is 4.90 Å². The van der Waals surface area contributed by atoms with Gasteiger partial charge in [-0.15, -0.1) is 0 Å². The first-order valence-corrected chi connectivity index (χ1v) is 10.9. The number of likely N-dealkylation sites (tertiary alicyclic amines) is 1. The van der Waals surface area contributed by atoms with Gasteiger partial charge in [0.1, 0.15) is 0 Å². The summed E-state index contributed by atoms with van der Waals surface area (Å²) >= 11 is 0. The highest BCUT2D eigenvalue weighted by atomic mass is 16.3. The van der Waals surface area contributed by atoms with Crippen LogP contribution in [-0.4, -0.2) is 29.2 Å². The quantitative estimate of drug-likeness (QED) is 0.686. The lowest BCUT2D eigenvalue weighted by molar-refractivity contribution is -0.0353. The zero-order chi connectivity index (χ0) is 17.2. The Bertz CT molecular complexity index is 616. The van der Waals surface area contributed by atoms with E-state index in [1.807, 2.05) is 0 Å². The van der Waals surface area contributed by atoms with E-state index in [0.29, 0.717) is 10.8 Å². The molecule has 2 nitrogen and oxygen atoms in total. The van der Waals surface area contributed by atoms with Crippen LogP contribution in [0.15, 0.2) is 23.4 Å². The highest BCUT2D eigenvalue weighted by Gasteiger charge is 2.57. The van der Waals surface area contributed by atoms with Crippen molar-refractivity contribution in [3.8, 4) is 0 Å². The van der Waals surface area contributed by atoms with E-state index in [0.717, 1.165) is 30.6 Å². The van der Waals surface area contributed by atoms with Crippen LogP contribution in [0.5, 0.6) is 0 Å². The number of hydrogen-bond donors (Lipinski definition) is 1. The standard InChI is InChI=1S/C23H35NO/c1-22-11-9-17(25)15-16(22)5-6-18-19-7-8-21(24-13-3-4-14-24)23(19,2)12-10-20(18)22/h5,8,17-20,25H,3-4,6-7,9-15H2,1-2H3/t17-,18-,19-,20-,22-,23-/m0/s1. The largest absolute Gasteiger partial charge is 0.393 e. The van der Waals surface area contributed by atoms with Crippen LogP contribution in [0.1, 0.15) is 71.6 Å². The van der Waals surface area contributed by atoms with Gasteiger partial charge in [-0.1, -0.05) is 31.6 Å². The fourth-order valence-corrected chi connectivity index (χ4v) is 7.63. The molecule has 0 aromatic rings. The maximum atomic E-state index is 10.2. The van der Waals surface area contributed by atoms with Crippen LogP contribution in [0, 0.1) is 28.6 Å². The van der Waals surface area contributed by atoms with Gasteiger partial charge in [0, 0.05) is 24.2 Å². The van der Waals surface area contributed by atoms with Gasteiger partial charge in [0.05, 0.1) is 6.10 Å². The van der Waals surface area contributed by atoms with Gasteiger partial charge in [0.25, 0.3) is 0 Å². The third-order valence-electron chi connectivity index (χ3n) is 9.06. The third kappa shape index (κ3) is 2.25. The average Bonchev–Trinajstić information content (AvgIpc) is 3.22. The van der Waals surface area contributed by atoms with Crippen molar-refractivity contribution in [2.45, 2.75) is 77.7 Å². The van der Waals surface area contributed by atoms with Gasteiger partial charge < -0.3 is 10.0 Å². The van der Waals surface area contributed by atoms with Crippen LogP contribution in [0.4, 0.5) is 0 Å². The molecule has 0 aromatic heterocycles. The van der Waals surface area contributed by atoms with E-state index in [4.69, 9.17) is 0 Å². The number of allylic oxidation sites excluding steroid dienone is 3. The lowest BCUT2D eigenvalue weighted by atomic mass is 9.47. The van der Waals surface area contributed by atoms with E-state index in [-0.39, 0.29) is 6.10 Å². The van der Waals surface area contributed by atoms with Crippen LogP contribution in [0.25, 0.3) is 0 Å². The van der Waals surface area contributed by atoms with Gasteiger partial charge in [-0.25, -0.2) is 0 Å². The second-order valence-electron chi connectivity index (χ2n) is 10.1. The smallest absolute Gasteiger partial charge is 0.0577 e. The van der Waals surface area contributed by atoms with E-state index in [1.165, 1.54) is 58.0 Å². The molecule has 25 heavy (non-hydrogen) atoms. The third-order valence-corrected chi connectivity index (χ3v) is 9.06. The normalized spacial score (nSPS) is 49.2. The Morgan fingerprint density at radius 1 is 0.960 bits per heavy atom. The zero-order valence-corrected chi connectivity index (χ0v) is 16.1. The number of rotatable bonds is 1. The molecule has 1 heterocycles. The Morgan fingerprint density at radius 3 is 2.52 bits per heavy atom. The molecule has 2 heteroatoms. The van der Waals surface area contributed by atoms with Crippen LogP contribution >= 0.6 is 0 Å². The molecule has 0 bridgehead atoms. The molecular weight excluding hydrogens is 306 g/mol. The number of nitrogens with zero attached hydrogens (tertiary/aromatic N) is 1. The molecular formula is C23H35NO. The van der Waals surface area contributed by atoms with Crippen molar-refractivity contribution in [3.63, 3.8) is 0 Å². The summed E-state index contributed by atoms with van der Waals surface area (Å²) in [6, 6.07) is 0. The number of aliphatic hydroxyl groups is 1. The first-order chi connectivity index (χ1) is 12.0. The first kappa shape index (κ1) is 16.4. The van der Waals surface area contributed by atoms with Crippen molar-refractivity contribution in [3.05, 3.63) is 23.4 Å². The predicted molar refractivity (Wildman–Crippen MR) is 102 cm³/mol. The fourth-order valence-electron chi connectivity index (χ4n) is 7.63. The SMILES string of the molecule is C[C@]12CC[C@H](O)CC1=CC[C@@H]1[C@@H]2CC[C@]2(C)C(N3CCCC3)=CC[C@@H]12. The maximum Gasteiger partial charge on any atom is 0.0577 e. The summed E-state index contributed by atoms with van der Waals surface area (Å²) in [7, 11) is 0. The molecule has 1 N–H and O–H groups in total. The second-order valence-corrected chi connectivity index (χ2v) is 10.1. The zero-order valence-electron chi connectivity index (χ0n) is 16.1. The highest BCUT2D eigenvalue weighted by molar-refractivity contribution is 5.30. The molecule has 2 saturated carbocycles. The highest BCUT2D eigenvalue weighted by Crippen LogP contribution is 2.65. The molecule has 0 amide bonds. The molecule has 138 valence electrons. The Hall–Kier alpha value is -0.760. The second kappa shape index (κ2) is 5.62. The molecule has 6 atom stereocenters. The van der Waals surface area contributed by atoms with Crippen LogP contribution < -0.4 is 0 Å². The van der Waals surface area contributed by atoms with Crippen LogP contribution in [0.3, 0.4) is 0 Å². The number of aliphatic hydroxyl groups excluding tert-OH is 1. The monoisotopic (exact) mass is 341 g/mol. The minimum Gasteiger partial charge on any atom is -0.393 e. The number of fused-ring (bicyclic) bond motifs is 5. The Morgan fingerprint density at radius 2 is 1.72 bits per heavy atom. The van der Waals surface area contributed by atoms with Gasteiger partial charge in [0.15, 0.2) is 0 Å². The van der Waals surface area contributed by atoms with Crippen molar-refractivity contribution in [2.24, 2.45) is 28.6 Å². The summed E-state index contributed by atoms with van der Waals surface area (Å²) in [5.41, 5.74) is 4.12. The fraction of sp³-hybridized carbons (Fsp3) is 0.826. The van der Waals surface area contributed by atoms with Crippen molar-refractivity contribution in [2.75, 3.05) is 13.1 Å². The molecule has 0 spiro atoms. The molecule has 5 rings (SSSR count). The number of hydrogen-bond acceptors (Lipinski definition) is 2. The maximum absolute atomic E-state index is 10.2. The van der Waals surface area contributed by atoms with Gasteiger partial charge in [-0.2, -0.15) is 0 Å². The Kier molecular flexibility index (Phi) is 3.69. The summed E-state index contributed by atoms with van der Waals surface area (Å²) in [5.74, 6) is 2.56. The van der Waals surface area contributed by atoms with E-state index < -0.39 is 0 Å². The molecule has 5 aliphatic rings. The van der Waals surface area contributed by atoms with Gasteiger partial charge in [0.2, 0.25) is 0 Å². The molecule has 1 aliphatic heterocycles. The summed E-state index contributed by atoms with van der Waals surface area (Å²) in [4.78, 5) is 2.73. The van der Waals surface area contributed by atoms with Crippen LogP contribution in [-0.2, 0) is 0 Å². The molecule has 4 aliphatic carbocycles. The molecule has 0 radical (unpaired) electrons. The van der Waals surface area contributed by atoms with Gasteiger partial charge in [-0.3, -0.25) is 0 Å².